The number of carbonyl (C=O) groups is 2. The summed E-state index contributed by atoms with van der Waals surface area (Å²) in [5, 5.41) is 9.53. The lowest BCUT2D eigenvalue weighted by Crippen LogP contribution is -2.54. The minimum absolute atomic E-state index is 0.120. The van der Waals surface area contributed by atoms with Crippen LogP contribution in [0.4, 0.5) is 16.3 Å². The molecule has 10 nitrogen and oxygen atoms in total. The quantitative estimate of drug-likeness (QED) is 0.287. The molecule has 0 radical (unpaired) electrons. The monoisotopic (exact) mass is 641 g/mol. The Balaban J connectivity index is 1.03. The molecule has 4 aliphatic rings. The SMILES string of the molecule is CN(C)c1ccc(C2CCC(CN(C(=O)C3CCC(OC(=O)N4CC(O)C4)CC3)c3cccc(-c4coc(C5CC5)n4)c3)CC2)cn1. The van der Waals surface area contributed by atoms with E-state index in [0.717, 1.165) is 67.2 Å². The number of likely N-dealkylation sites (tertiary alicyclic amines) is 1. The number of carbonyl (C=O) groups excluding carboxylic acids is 2. The number of hydrogen-bond acceptors (Lipinski definition) is 8. The topological polar surface area (TPSA) is 112 Å². The predicted molar refractivity (Wildman–Crippen MR) is 179 cm³/mol. The van der Waals surface area contributed by atoms with Crippen molar-refractivity contribution >= 4 is 23.5 Å². The smallest absolute Gasteiger partial charge is 0.410 e. The Morgan fingerprint density at radius 3 is 2.36 bits per heavy atom. The van der Waals surface area contributed by atoms with Gasteiger partial charge in [0.1, 0.15) is 23.9 Å². The Morgan fingerprint density at radius 2 is 1.70 bits per heavy atom. The van der Waals surface area contributed by atoms with E-state index in [1.165, 1.54) is 10.5 Å². The average Bonchev–Trinajstić information content (AvgIpc) is 3.82. The normalized spacial score (nSPS) is 24.8. The lowest BCUT2D eigenvalue weighted by Gasteiger charge is -2.38. The standard InChI is InChI=1S/C37H47N5O5/c1-40(2)34-17-14-29(19-38-34)25-8-6-24(7-9-25)20-42(30-5-3-4-28(18-30)33-23-46-35(39-33)26-10-11-26)36(44)27-12-15-32(16-13-27)47-37(45)41-21-31(43)22-41/h3-5,14,17-19,23-27,31-32,43H,6-13,15-16,20-22H2,1-2H3. The molecule has 0 spiro atoms. The van der Waals surface area contributed by atoms with Crippen LogP contribution >= 0.6 is 0 Å². The van der Waals surface area contributed by atoms with Crippen LogP contribution in [0.3, 0.4) is 0 Å². The first-order chi connectivity index (χ1) is 22.8. The van der Waals surface area contributed by atoms with Gasteiger partial charge in [-0.25, -0.2) is 14.8 Å². The Labute approximate surface area is 277 Å². The third-order valence-electron chi connectivity index (χ3n) is 10.6. The molecule has 1 N–H and O–H groups in total. The molecule has 0 bridgehead atoms. The summed E-state index contributed by atoms with van der Waals surface area (Å²) in [5.74, 6) is 3.15. The molecule has 2 aromatic heterocycles. The summed E-state index contributed by atoms with van der Waals surface area (Å²) in [6, 6.07) is 12.5. The third kappa shape index (κ3) is 7.32. The highest BCUT2D eigenvalue weighted by atomic mass is 16.6. The van der Waals surface area contributed by atoms with Gasteiger partial charge in [0.25, 0.3) is 0 Å². The van der Waals surface area contributed by atoms with Crippen LogP contribution in [0.2, 0.25) is 0 Å². The molecule has 0 atom stereocenters. The van der Waals surface area contributed by atoms with E-state index >= 15 is 0 Å². The van der Waals surface area contributed by atoms with Crippen LogP contribution in [-0.2, 0) is 9.53 Å². The number of pyridine rings is 1. The zero-order valence-electron chi connectivity index (χ0n) is 27.6. The highest BCUT2D eigenvalue weighted by Crippen LogP contribution is 2.41. The van der Waals surface area contributed by atoms with E-state index in [4.69, 9.17) is 14.1 Å². The van der Waals surface area contributed by atoms with Crippen LogP contribution in [0.1, 0.15) is 87.5 Å². The molecular weight excluding hydrogens is 594 g/mol. The van der Waals surface area contributed by atoms with Gasteiger partial charge in [0.2, 0.25) is 5.91 Å². The number of nitrogens with zero attached hydrogens (tertiary/aromatic N) is 5. The van der Waals surface area contributed by atoms with Gasteiger partial charge >= 0.3 is 6.09 Å². The average molecular weight is 642 g/mol. The summed E-state index contributed by atoms with van der Waals surface area (Å²) in [5.41, 5.74) is 3.97. The van der Waals surface area contributed by atoms with Crippen LogP contribution in [0.5, 0.6) is 0 Å². The van der Waals surface area contributed by atoms with E-state index < -0.39 is 6.10 Å². The molecule has 1 aliphatic heterocycles. The first-order valence-corrected chi connectivity index (χ1v) is 17.4. The van der Waals surface area contributed by atoms with Crippen molar-refractivity contribution in [2.24, 2.45) is 11.8 Å². The van der Waals surface area contributed by atoms with Crippen molar-refractivity contribution in [3.63, 3.8) is 0 Å². The summed E-state index contributed by atoms with van der Waals surface area (Å²) in [7, 11) is 4.02. The second kappa shape index (κ2) is 13.7. The maximum Gasteiger partial charge on any atom is 0.410 e. The highest BCUT2D eigenvalue weighted by Gasteiger charge is 2.36. The Hall–Kier alpha value is -3.92. The second-order valence-corrected chi connectivity index (χ2v) is 14.3. The van der Waals surface area contributed by atoms with Crippen LogP contribution in [0.25, 0.3) is 11.3 Å². The molecular formula is C37H47N5O5. The van der Waals surface area contributed by atoms with Crippen molar-refractivity contribution < 1.29 is 23.8 Å². The number of aromatic nitrogens is 2. The number of anilines is 2. The van der Waals surface area contributed by atoms with Gasteiger partial charge in [-0.05, 0) is 99.8 Å². The lowest BCUT2D eigenvalue weighted by molar-refractivity contribution is -0.124. The first kappa shape index (κ1) is 31.7. The van der Waals surface area contributed by atoms with Crippen LogP contribution in [-0.4, -0.2) is 77.9 Å². The third-order valence-corrected chi connectivity index (χ3v) is 10.6. The van der Waals surface area contributed by atoms with Gasteiger partial charge in [-0.1, -0.05) is 18.2 Å². The first-order valence-electron chi connectivity index (χ1n) is 17.4. The van der Waals surface area contributed by atoms with Crippen LogP contribution in [0, 0.1) is 11.8 Å². The van der Waals surface area contributed by atoms with Crippen molar-refractivity contribution in [3.8, 4) is 11.3 Å². The molecule has 4 fully saturated rings. The summed E-state index contributed by atoms with van der Waals surface area (Å²) in [6.07, 6.45) is 12.0. The Kier molecular flexibility index (Phi) is 9.21. The number of oxazole rings is 1. The molecule has 7 rings (SSSR count). The van der Waals surface area contributed by atoms with Gasteiger partial charge in [0.15, 0.2) is 5.89 Å². The predicted octanol–water partition coefficient (Wildman–Crippen LogP) is 6.36. The fourth-order valence-electron chi connectivity index (χ4n) is 7.40. The summed E-state index contributed by atoms with van der Waals surface area (Å²) < 4.78 is 11.5. The van der Waals surface area contributed by atoms with E-state index in [9.17, 15) is 14.7 Å². The fourth-order valence-corrected chi connectivity index (χ4v) is 7.40. The number of ether oxygens (including phenoxy) is 1. The van der Waals surface area contributed by atoms with E-state index in [1.807, 2.05) is 48.3 Å². The van der Waals surface area contributed by atoms with E-state index in [1.54, 1.807) is 6.26 Å². The van der Waals surface area contributed by atoms with Crippen molar-refractivity contribution in [3.05, 3.63) is 60.3 Å². The molecule has 47 heavy (non-hydrogen) atoms. The molecule has 3 saturated carbocycles. The molecule has 3 aliphatic carbocycles. The minimum Gasteiger partial charge on any atom is -0.448 e. The highest BCUT2D eigenvalue weighted by molar-refractivity contribution is 5.95. The van der Waals surface area contributed by atoms with E-state index in [0.29, 0.717) is 63.1 Å². The van der Waals surface area contributed by atoms with Gasteiger partial charge in [-0.3, -0.25) is 4.79 Å². The molecule has 250 valence electrons. The molecule has 1 aromatic carbocycles. The largest absolute Gasteiger partial charge is 0.448 e. The van der Waals surface area contributed by atoms with E-state index in [-0.39, 0.29) is 24.0 Å². The number of β-amino-alcohol motifs (C(OH)–C–C–N with tert-alkyl or cyclic N) is 1. The molecule has 3 aromatic rings. The Morgan fingerprint density at radius 1 is 0.957 bits per heavy atom. The molecule has 2 amide bonds. The molecule has 1 saturated heterocycles. The molecule has 3 heterocycles. The minimum atomic E-state index is -0.452. The van der Waals surface area contributed by atoms with Crippen LogP contribution < -0.4 is 9.80 Å². The molecule has 0 unspecified atom stereocenters. The maximum absolute atomic E-state index is 14.4. The number of amides is 2. The van der Waals surface area contributed by atoms with Gasteiger partial charge in [-0.2, -0.15) is 0 Å². The van der Waals surface area contributed by atoms with Crippen molar-refractivity contribution in [1.29, 1.82) is 0 Å². The van der Waals surface area contributed by atoms with Gasteiger partial charge < -0.3 is 29.0 Å². The second-order valence-electron chi connectivity index (χ2n) is 14.3. The lowest BCUT2D eigenvalue weighted by atomic mass is 9.78. The van der Waals surface area contributed by atoms with Crippen molar-refractivity contribution in [2.75, 3.05) is 43.5 Å². The van der Waals surface area contributed by atoms with Crippen molar-refractivity contribution in [1.82, 2.24) is 14.9 Å². The zero-order valence-corrected chi connectivity index (χ0v) is 27.6. The van der Waals surface area contributed by atoms with Crippen LogP contribution in [0.15, 0.2) is 53.3 Å². The zero-order chi connectivity index (χ0) is 32.5. The van der Waals surface area contributed by atoms with Gasteiger partial charge in [-0.15, -0.1) is 0 Å². The molecule has 10 heteroatoms. The number of rotatable bonds is 9. The van der Waals surface area contributed by atoms with Gasteiger partial charge in [0, 0.05) is 49.9 Å². The summed E-state index contributed by atoms with van der Waals surface area (Å²) >= 11 is 0. The van der Waals surface area contributed by atoms with Gasteiger partial charge in [0.05, 0.1) is 19.2 Å². The number of benzene rings is 1. The summed E-state index contributed by atoms with van der Waals surface area (Å²) in [4.78, 5) is 41.8. The Bertz CT molecular complexity index is 1530. The number of aliphatic hydroxyl groups is 1. The van der Waals surface area contributed by atoms with E-state index in [2.05, 4.69) is 23.2 Å². The number of hydrogen-bond donors (Lipinski definition) is 1. The summed E-state index contributed by atoms with van der Waals surface area (Å²) in [6.45, 7) is 1.35. The van der Waals surface area contributed by atoms with Crippen molar-refractivity contribution in [2.45, 2.75) is 88.3 Å². The number of aliphatic hydroxyl groups excluding tert-OH is 1. The fraction of sp³-hybridized carbons (Fsp3) is 0.568. The maximum atomic E-state index is 14.4.